The molecule has 0 saturated heterocycles. The molecule has 2 heterocycles. The van der Waals surface area contributed by atoms with E-state index >= 15 is 0 Å². The first-order valence-corrected chi connectivity index (χ1v) is 5.99. The van der Waals surface area contributed by atoms with Gasteiger partial charge in [-0.05, 0) is 12.1 Å². The Morgan fingerprint density at radius 2 is 2.00 bits per heavy atom. The Kier molecular flexibility index (Phi) is 2.72. The number of aromatic nitrogens is 4. The lowest BCUT2D eigenvalue weighted by Gasteiger charge is -2.09. The predicted octanol–water partition coefficient (Wildman–Crippen LogP) is 1.69. The lowest BCUT2D eigenvalue weighted by atomic mass is 10.2. The number of imidazole rings is 1. The molecular weight excluding hydrogens is 264 g/mol. The molecule has 6 nitrogen and oxygen atoms in total. The number of rotatable bonds is 2. The third-order valence-electron chi connectivity index (χ3n) is 2.91. The van der Waals surface area contributed by atoms with Crippen LogP contribution in [0.1, 0.15) is 5.56 Å². The molecule has 0 saturated carbocycles. The van der Waals surface area contributed by atoms with E-state index in [0.717, 1.165) is 5.56 Å². The van der Waals surface area contributed by atoms with Crippen LogP contribution in [-0.4, -0.2) is 19.5 Å². The average molecular weight is 275 g/mol. The van der Waals surface area contributed by atoms with Gasteiger partial charge in [-0.15, -0.1) is 0 Å². The molecule has 3 rings (SSSR count). The van der Waals surface area contributed by atoms with Gasteiger partial charge in [0, 0.05) is 16.3 Å². The number of nitrogens with two attached hydrogens (primary N) is 2. The summed E-state index contributed by atoms with van der Waals surface area (Å²) in [6.07, 6.45) is 3.06. The molecule has 4 N–H and O–H groups in total. The summed E-state index contributed by atoms with van der Waals surface area (Å²) in [7, 11) is 0. The Morgan fingerprint density at radius 1 is 1.16 bits per heavy atom. The highest BCUT2D eigenvalue weighted by molar-refractivity contribution is 6.31. The van der Waals surface area contributed by atoms with Gasteiger partial charge in [-0.25, -0.2) is 15.0 Å². The number of nitrogen functional groups attached to an aromatic ring is 2. The highest BCUT2D eigenvalue weighted by Crippen LogP contribution is 2.24. The van der Waals surface area contributed by atoms with E-state index in [9.17, 15) is 0 Å². The van der Waals surface area contributed by atoms with Crippen molar-refractivity contribution < 1.29 is 0 Å². The Hall–Kier alpha value is -2.34. The molecule has 7 heteroatoms. The van der Waals surface area contributed by atoms with Gasteiger partial charge >= 0.3 is 0 Å². The van der Waals surface area contributed by atoms with Crippen LogP contribution in [0, 0.1) is 0 Å². The molecule has 3 aromatic rings. The number of fused-ring (bicyclic) bond motifs is 1. The van der Waals surface area contributed by atoms with Crippen LogP contribution in [0.4, 0.5) is 11.5 Å². The molecule has 0 atom stereocenters. The number of hydrogen-bond acceptors (Lipinski definition) is 5. The normalized spacial score (nSPS) is 11.0. The molecule has 0 spiro atoms. The van der Waals surface area contributed by atoms with Crippen molar-refractivity contribution in [2.24, 2.45) is 0 Å². The summed E-state index contributed by atoms with van der Waals surface area (Å²) in [6, 6.07) is 5.42. The van der Waals surface area contributed by atoms with E-state index in [4.69, 9.17) is 23.1 Å². The van der Waals surface area contributed by atoms with Crippen LogP contribution in [0.5, 0.6) is 0 Å². The molecule has 19 heavy (non-hydrogen) atoms. The van der Waals surface area contributed by atoms with Gasteiger partial charge in [-0.1, -0.05) is 17.7 Å². The first kappa shape index (κ1) is 11.7. The van der Waals surface area contributed by atoms with Crippen LogP contribution in [0.3, 0.4) is 0 Å². The van der Waals surface area contributed by atoms with Gasteiger partial charge in [0.2, 0.25) is 0 Å². The molecule has 0 radical (unpaired) electrons. The van der Waals surface area contributed by atoms with Crippen molar-refractivity contribution in [1.29, 1.82) is 0 Å². The molecule has 0 unspecified atom stereocenters. The van der Waals surface area contributed by atoms with Crippen molar-refractivity contribution in [3.63, 3.8) is 0 Å². The minimum Gasteiger partial charge on any atom is -0.398 e. The maximum atomic E-state index is 6.16. The molecule has 0 fully saturated rings. The van der Waals surface area contributed by atoms with Crippen LogP contribution in [-0.2, 0) is 6.54 Å². The van der Waals surface area contributed by atoms with E-state index in [2.05, 4.69) is 15.0 Å². The molecule has 0 amide bonds. The van der Waals surface area contributed by atoms with Crippen molar-refractivity contribution in [3.8, 4) is 0 Å². The monoisotopic (exact) mass is 274 g/mol. The Labute approximate surface area is 114 Å². The Balaban J connectivity index is 2.09. The van der Waals surface area contributed by atoms with Gasteiger partial charge in [-0.3, -0.25) is 0 Å². The fourth-order valence-corrected chi connectivity index (χ4v) is 2.17. The minimum absolute atomic E-state index is 0.357. The molecule has 0 aliphatic carbocycles. The van der Waals surface area contributed by atoms with E-state index < -0.39 is 0 Å². The standard InChI is InChI=1S/C12H11ClN6/c13-8-2-1-3-9(14)7(8)4-19-6-18-10-11(15)16-5-17-12(10)19/h1-3,5-6H,4,14H2,(H2,15,16,17). The SMILES string of the molecule is Nc1cccc(Cl)c1Cn1cnc2c(N)ncnc21. The molecule has 0 bridgehead atoms. The second-order valence-corrected chi connectivity index (χ2v) is 4.52. The van der Waals surface area contributed by atoms with Gasteiger partial charge in [0.25, 0.3) is 0 Å². The highest BCUT2D eigenvalue weighted by Gasteiger charge is 2.11. The highest BCUT2D eigenvalue weighted by atomic mass is 35.5. The zero-order chi connectivity index (χ0) is 13.4. The van der Waals surface area contributed by atoms with E-state index in [1.165, 1.54) is 6.33 Å². The summed E-state index contributed by atoms with van der Waals surface area (Å²) in [5.41, 5.74) is 14.4. The Morgan fingerprint density at radius 3 is 2.79 bits per heavy atom. The lowest BCUT2D eigenvalue weighted by Crippen LogP contribution is -2.04. The largest absolute Gasteiger partial charge is 0.398 e. The lowest BCUT2D eigenvalue weighted by molar-refractivity contribution is 0.815. The second kappa shape index (κ2) is 4.40. The van der Waals surface area contributed by atoms with Crippen molar-refractivity contribution >= 4 is 34.3 Å². The summed E-state index contributed by atoms with van der Waals surface area (Å²) in [5.74, 6) is 0.357. The maximum absolute atomic E-state index is 6.16. The number of halogens is 1. The van der Waals surface area contributed by atoms with Crippen LogP contribution in [0.25, 0.3) is 11.2 Å². The number of nitrogens with zero attached hydrogens (tertiary/aromatic N) is 4. The van der Waals surface area contributed by atoms with E-state index in [0.29, 0.717) is 34.2 Å². The Bertz CT molecular complexity index is 731. The van der Waals surface area contributed by atoms with Crippen LogP contribution >= 0.6 is 11.6 Å². The summed E-state index contributed by atoms with van der Waals surface area (Å²) in [4.78, 5) is 12.3. The van der Waals surface area contributed by atoms with Crippen molar-refractivity contribution in [1.82, 2.24) is 19.5 Å². The molecule has 2 aromatic heterocycles. The smallest absolute Gasteiger partial charge is 0.165 e. The number of benzene rings is 1. The third kappa shape index (κ3) is 1.96. The van der Waals surface area contributed by atoms with Gasteiger partial charge in [0.05, 0.1) is 12.9 Å². The molecule has 0 aliphatic heterocycles. The minimum atomic E-state index is 0.357. The van der Waals surface area contributed by atoms with Crippen LogP contribution in [0.2, 0.25) is 5.02 Å². The zero-order valence-electron chi connectivity index (χ0n) is 9.92. The first-order valence-electron chi connectivity index (χ1n) is 5.61. The molecular formula is C12H11ClN6. The van der Waals surface area contributed by atoms with Gasteiger partial charge in [0.15, 0.2) is 11.5 Å². The van der Waals surface area contributed by atoms with Crippen LogP contribution in [0.15, 0.2) is 30.9 Å². The average Bonchev–Trinajstić information content (AvgIpc) is 2.79. The quantitative estimate of drug-likeness (QED) is 0.693. The maximum Gasteiger partial charge on any atom is 0.165 e. The van der Waals surface area contributed by atoms with Crippen molar-refractivity contribution in [2.45, 2.75) is 6.54 Å². The summed E-state index contributed by atoms with van der Waals surface area (Å²) in [5, 5.41) is 0.615. The predicted molar refractivity (Wildman–Crippen MR) is 74.7 cm³/mol. The summed E-state index contributed by atoms with van der Waals surface area (Å²) >= 11 is 6.16. The van der Waals surface area contributed by atoms with Crippen molar-refractivity contribution in [2.75, 3.05) is 11.5 Å². The fraction of sp³-hybridized carbons (Fsp3) is 0.0833. The van der Waals surface area contributed by atoms with E-state index in [-0.39, 0.29) is 0 Å². The van der Waals surface area contributed by atoms with Gasteiger partial charge in [-0.2, -0.15) is 0 Å². The van der Waals surface area contributed by atoms with Gasteiger partial charge < -0.3 is 16.0 Å². The molecule has 0 aliphatic rings. The first-order chi connectivity index (χ1) is 9.16. The molecule has 1 aromatic carbocycles. The molecule has 96 valence electrons. The van der Waals surface area contributed by atoms with Crippen LogP contribution < -0.4 is 11.5 Å². The zero-order valence-corrected chi connectivity index (χ0v) is 10.7. The summed E-state index contributed by atoms with van der Waals surface area (Å²) in [6.45, 7) is 0.485. The summed E-state index contributed by atoms with van der Waals surface area (Å²) < 4.78 is 1.84. The van der Waals surface area contributed by atoms with E-state index in [1.54, 1.807) is 12.4 Å². The topological polar surface area (TPSA) is 95.6 Å². The van der Waals surface area contributed by atoms with Crippen molar-refractivity contribution in [3.05, 3.63) is 41.4 Å². The number of anilines is 2. The van der Waals surface area contributed by atoms with E-state index in [1.807, 2.05) is 16.7 Å². The fourth-order valence-electron chi connectivity index (χ4n) is 1.93. The number of hydrogen-bond donors (Lipinski definition) is 2. The third-order valence-corrected chi connectivity index (χ3v) is 3.27. The van der Waals surface area contributed by atoms with Gasteiger partial charge in [0.1, 0.15) is 11.8 Å². The second-order valence-electron chi connectivity index (χ2n) is 4.11.